The molecule has 1 heterocycles. The van der Waals surface area contributed by atoms with Gasteiger partial charge in [-0.15, -0.1) is 0 Å². The highest BCUT2D eigenvalue weighted by Crippen LogP contribution is 2.26. The molecule has 0 aromatic carbocycles. The van der Waals surface area contributed by atoms with Gasteiger partial charge in [-0.2, -0.15) is 0 Å². The maximum absolute atomic E-state index is 5.33. The molecule has 0 amide bonds. The second-order valence-electron chi connectivity index (χ2n) is 6.66. The highest BCUT2D eigenvalue weighted by Gasteiger charge is 2.30. The second kappa shape index (κ2) is 9.01. The Morgan fingerprint density at radius 2 is 1.70 bits per heavy atom. The van der Waals surface area contributed by atoms with Gasteiger partial charge < -0.3 is 10.1 Å². The van der Waals surface area contributed by atoms with E-state index in [4.69, 9.17) is 4.74 Å². The Morgan fingerprint density at radius 3 is 2.35 bits per heavy atom. The van der Waals surface area contributed by atoms with Crippen molar-refractivity contribution in [1.29, 1.82) is 0 Å². The number of ether oxygens (including phenoxy) is 1. The lowest BCUT2D eigenvalue weighted by Gasteiger charge is -2.42. The van der Waals surface area contributed by atoms with Gasteiger partial charge in [-0.3, -0.25) is 4.90 Å². The summed E-state index contributed by atoms with van der Waals surface area (Å²) in [5.41, 5.74) is 0. The molecule has 1 aliphatic heterocycles. The summed E-state index contributed by atoms with van der Waals surface area (Å²) in [5, 5.41) is 3.77. The first kappa shape index (κ1) is 16.3. The van der Waals surface area contributed by atoms with E-state index in [2.05, 4.69) is 17.1 Å². The van der Waals surface area contributed by atoms with E-state index in [9.17, 15) is 0 Å². The van der Waals surface area contributed by atoms with Gasteiger partial charge in [0.2, 0.25) is 0 Å². The third-order valence-electron chi connectivity index (χ3n) is 5.22. The smallest absolute Gasteiger partial charge is 0.0491 e. The van der Waals surface area contributed by atoms with E-state index in [1.54, 1.807) is 0 Å². The lowest BCUT2D eigenvalue weighted by atomic mass is 9.88. The summed E-state index contributed by atoms with van der Waals surface area (Å²) in [6, 6.07) is 1.50. The number of likely N-dealkylation sites (N-methyl/N-ethyl adjacent to an activating group) is 1. The largest absolute Gasteiger partial charge is 0.384 e. The number of rotatable bonds is 5. The Morgan fingerprint density at radius 1 is 1.00 bits per heavy atom. The summed E-state index contributed by atoms with van der Waals surface area (Å²) >= 11 is 0. The van der Waals surface area contributed by atoms with Gasteiger partial charge in [0.05, 0.1) is 0 Å². The fourth-order valence-electron chi connectivity index (χ4n) is 4.09. The highest BCUT2D eigenvalue weighted by atomic mass is 16.5. The molecular formula is C17H34N2O. The summed E-state index contributed by atoms with van der Waals surface area (Å²) in [7, 11) is 1.84. The van der Waals surface area contributed by atoms with Crippen molar-refractivity contribution in [2.75, 3.05) is 33.4 Å². The molecular weight excluding hydrogens is 248 g/mol. The molecule has 20 heavy (non-hydrogen) atoms. The Labute approximate surface area is 125 Å². The molecule has 1 N–H and O–H groups in total. The molecule has 0 bridgehead atoms. The predicted octanol–water partition coefficient (Wildman–Crippen LogP) is 3.05. The molecule has 0 spiro atoms. The van der Waals surface area contributed by atoms with Crippen LogP contribution >= 0.6 is 0 Å². The molecule has 0 aromatic heterocycles. The number of hydrogen-bond acceptors (Lipinski definition) is 3. The van der Waals surface area contributed by atoms with Crippen molar-refractivity contribution < 1.29 is 4.74 Å². The molecule has 2 atom stereocenters. The van der Waals surface area contributed by atoms with Crippen LogP contribution in [0.1, 0.15) is 58.3 Å². The van der Waals surface area contributed by atoms with Gasteiger partial charge in [0.1, 0.15) is 0 Å². The van der Waals surface area contributed by atoms with E-state index in [1.165, 1.54) is 64.5 Å². The highest BCUT2D eigenvalue weighted by molar-refractivity contribution is 4.88. The molecule has 0 radical (unpaired) electrons. The minimum Gasteiger partial charge on any atom is -0.384 e. The second-order valence-corrected chi connectivity index (χ2v) is 6.66. The molecule has 3 nitrogen and oxygen atoms in total. The quantitative estimate of drug-likeness (QED) is 0.839. The van der Waals surface area contributed by atoms with Crippen molar-refractivity contribution >= 4 is 0 Å². The Hall–Kier alpha value is -0.120. The molecule has 2 aliphatic rings. The maximum Gasteiger partial charge on any atom is 0.0491 e. The zero-order valence-electron chi connectivity index (χ0n) is 13.6. The monoisotopic (exact) mass is 282 g/mol. The van der Waals surface area contributed by atoms with Crippen molar-refractivity contribution in [3.05, 3.63) is 0 Å². The minimum atomic E-state index is 0.722. The first-order valence-electron chi connectivity index (χ1n) is 8.81. The summed E-state index contributed by atoms with van der Waals surface area (Å²) < 4.78 is 5.33. The first-order valence-corrected chi connectivity index (χ1v) is 8.81. The topological polar surface area (TPSA) is 24.5 Å². The summed E-state index contributed by atoms with van der Waals surface area (Å²) in [4.78, 5) is 2.78. The average Bonchev–Trinajstić information content (AvgIpc) is 2.44. The van der Waals surface area contributed by atoms with Gasteiger partial charge in [-0.25, -0.2) is 0 Å². The fraction of sp³-hybridized carbons (Fsp3) is 1.00. The summed E-state index contributed by atoms with van der Waals surface area (Å²) in [6.07, 6.45) is 11.1. The summed E-state index contributed by atoms with van der Waals surface area (Å²) in [5.74, 6) is 0.794. The molecule has 1 aliphatic carbocycles. The maximum atomic E-state index is 5.33. The van der Waals surface area contributed by atoms with Gasteiger partial charge >= 0.3 is 0 Å². The van der Waals surface area contributed by atoms with Crippen LogP contribution in [0.5, 0.6) is 0 Å². The van der Waals surface area contributed by atoms with Crippen molar-refractivity contribution in [2.45, 2.75) is 70.4 Å². The summed E-state index contributed by atoms with van der Waals surface area (Å²) in [6.45, 7) is 6.87. The van der Waals surface area contributed by atoms with Crippen LogP contribution in [0.3, 0.4) is 0 Å². The lowest BCUT2D eigenvalue weighted by molar-refractivity contribution is 0.0605. The molecule has 2 unspecified atom stereocenters. The Kier molecular flexibility index (Phi) is 7.32. The molecule has 2 fully saturated rings. The standard InChI is InChI=1S/C17H34N2O/c1-3-18-16-8-6-4-5-7-9-17(16)19-12-10-15(11-13-19)14-20-2/h15-18H,3-14H2,1-2H3. The average molecular weight is 282 g/mol. The third kappa shape index (κ3) is 4.71. The van der Waals surface area contributed by atoms with Crippen molar-refractivity contribution in [3.63, 3.8) is 0 Å². The zero-order valence-corrected chi connectivity index (χ0v) is 13.6. The van der Waals surface area contributed by atoms with Crippen LogP contribution in [-0.4, -0.2) is 50.3 Å². The van der Waals surface area contributed by atoms with Crippen LogP contribution in [0.15, 0.2) is 0 Å². The number of piperidine rings is 1. The third-order valence-corrected chi connectivity index (χ3v) is 5.22. The van der Waals surface area contributed by atoms with Crippen LogP contribution < -0.4 is 5.32 Å². The molecule has 1 saturated heterocycles. The van der Waals surface area contributed by atoms with Crippen LogP contribution in [0.4, 0.5) is 0 Å². The first-order chi connectivity index (χ1) is 9.85. The van der Waals surface area contributed by atoms with E-state index in [-0.39, 0.29) is 0 Å². The van der Waals surface area contributed by atoms with Gasteiger partial charge in [0.15, 0.2) is 0 Å². The lowest BCUT2D eigenvalue weighted by Crippen LogP contribution is -2.53. The number of hydrogen-bond donors (Lipinski definition) is 1. The number of nitrogens with one attached hydrogen (secondary N) is 1. The van der Waals surface area contributed by atoms with Crippen molar-refractivity contribution in [1.82, 2.24) is 10.2 Å². The van der Waals surface area contributed by atoms with Gasteiger partial charge in [-0.05, 0) is 51.2 Å². The Balaban J connectivity index is 1.89. The molecule has 3 heteroatoms. The predicted molar refractivity (Wildman–Crippen MR) is 85.1 cm³/mol. The van der Waals surface area contributed by atoms with E-state index in [1.807, 2.05) is 7.11 Å². The van der Waals surface area contributed by atoms with Gasteiger partial charge in [-0.1, -0.05) is 32.6 Å². The zero-order chi connectivity index (χ0) is 14.2. The Bertz CT molecular complexity index is 251. The SMILES string of the molecule is CCNC1CCCCCCC1N1CCC(COC)CC1. The minimum absolute atomic E-state index is 0.722. The number of methoxy groups -OCH3 is 1. The van der Waals surface area contributed by atoms with Gasteiger partial charge in [0, 0.05) is 25.8 Å². The van der Waals surface area contributed by atoms with Crippen LogP contribution in [0.25, 0.3) is 0 Å². The van der Waals surface area contributed by atoms with Crippen LogP contribution in [0, 0.1) is 5.92 Å². The number of nitrogens with zero attached hydrogens (tertiary/aromatic N) is 1. The molecule has 2 rings (SSSR count). The van der Waals surface area contributed by atoms with E-state index >= 15 is 0 Å². The molecule has 0 aromatic rings. The number of likely N-dealkylation sites (tertiary alicyclic amines) is 1. The van der Waals surface area contributed by atoms with E-state index in [0.29, 0.717) is 0 Å². The molecule has 1 saturated carbocycles. The van der Waals surface area contributed by atoms with Gasteiger partial charge in [0.25, 0.3) is 0 Å². The molecule has 118 valence electrons. The fourth-order valence-corrected chi connectivity index (χ4v) is 4.09. The van der Waals surface area contributed by atoms with Crippen molar-refractivity contribution in [3.8, 4) is 0 Å². The normalized spacial score (nSPS) is 30.9. The van der Waals surface area contributed by atoms with Crippen molar-refractivity contribution in [2.24, 2.45) is 5.92 Å². The van der Waals surface area contributed by atoms with Crippen LogP contribution in [0.2, 0.25) is 0 Å². The van der Waals surface area contributed by atoms with E-state index in [0.717, 1.165) is 31.2 Å². The van der Waals surface area contributed by atoms with Crippen LogP contribution in [-0.2, 0) is 4.74 Å². The van der Waals surface area contributed by atoms with E-state index < -0.39 is 0 Å².